The minimum absolute atomic E-state index is 0.121. The Kier molecular flexibility index (Phi) is 4.90. The maximum Gasteiger partial charge on any atom is 0.219 e. The third-order valence-corrected chi connectivity index (χ3v) is 2.72. The summed E-state index contributed by atoms with van der Waals surface area (Å²) in [5.74, 6) is 0.121. The van der Waals surface area contributed by atoms with Crippen LogP contribution in [0.1, 0.15) is 25.7 Å². The molecule has 1 aliphatic carbocycles. The van der Waals surface area contributed by atoms with Crippen molar-refractivity contribution in [3.8, 4) is 0 Å². The van der Waals surface area contributed by atoms with Crippen molar-refractivity contribution < 1.29 is 9.53 Å². The van der Waals surface area contributed by atoms with E-state index in [-0.39, 0.29) is 5.91 Å². The summed E-state index contributed by atoms with van der Waals surface area (Å²) in [5, 5.41) is 6.01. The van der Waals surface area contributed by atoms with Gasteiger partial charge in [-0.2, -0.15) is 0 Å². The third-order valence-electron chi connectivity index (χ3n) is 2.72. The molecule has 0 spiro atoms. The first-order valence-corrected chi connectivity index (χ1v) is 5.23. The molecular formula is C10H20N2O2. The molecule has 0 bridgehead atoms. The van der Waals surface area contributed by atoms with Gasteiger partial charge in [-0.3, -0.25) is 4.79 Å². The highest BCUT2D eigenvalue weighted by atomic mass is 16.5. The minimum atomic E-state index is 0.121. The molecule has 14 heavy (non-hydrogen) atoms. The van der Waals surface area contributed by atoms with Crippen LogP contribution in [0.5, 0.6) is 0 Å². The van der Waals surface area contributed by atoms with Gasteiger partial charge in [-0.1, -0.05) is 0 Å². The zero-order valence-corrected chi connectivity index (χ0v) is 9.01. The minimum Gasteiger partial charge on any atom is -0.381 e. The molecule has 0 unspecified atom stereocenters. The van der Waals surface area contributed by atoms with E-state index in [1.165, 1.54) is 0 Å². The lowest BCUT2D eigenvalue weighted by atomic mass is 9.89. The first kappa shape index (κ1) is 11.5. The predicted octanol–water partition coefficient (Wildman–Crippen LogP) is 0.280. The van der Waals surface area contributed by atoms with Gasteiger partial charge in [0.2, 0.25) is 5.91 Å². The van der Waals surface area contributed by atoms with Crippen LogP contribution in [0.15, 0.2) is 0 Å². The molecule has 0 aliphatic heterocycles. The summed E-state index contributed by atoms with van der Waals surface area (Å²) >= 11 is 0. The van der Waals surface area contributed by atoms with E-state index >= 15 is 0 Å². The Morgan fingerprint density at radius 3 is 2.79 bits per heavy atom. The lowest BCUT2D eigenvalue weighted by Gasteiger charge is -2.34. The van der Waals surface area contributed by atoms with Gasteiger partial charge in [-0.25, -0.2) is 0 Å². The standard InChI is InChI=1S/C10H20N2O2/c1-11-10(13)4-3-5-12-8-6-9(7-8)14-2/h8-9,12H,3-7H2,1-2H3,(H,11,13). The summed E-state index contributed by atoms with van der Waals surface area (Å²) in [6.07, 6.45) is 4.19. The van der Waals surface area contributed by atoms with Crippen LogP contribution >= 0.6 is 0 Å². The molecule has 1 fully saturated rings. The molecule has 0 radical (unpaired) electrons. The van der Waals surface area contributed by atoms with Crippen molar-refractivity contribution in [1.29, 1.82) is 0 Å². The summed E-state index contributed by atoms with van der Waals surface area (Å²) < 4.78 is 5.17. The topological polar surface area (TPSA) is 50.4 Å². The quantitative estimate of drug-likeness (QED) is 0.605. The molecule has 0 aromatic carbocycles. The molecule has 1 aliphatic rings. The highest BCUT2D eigenvalue weighted by molar-refractivity contribution is 5.75. The van der Waals surface area contributed by atoms with Crippen molar-refractivity contribution in [2.75, 3.05) is 20.7 Å². The smallest absolute Gasteiger partial charge is 0.219 e. The van der Waals surface area contributed by atoms with Gasteiger partial charge >= 0.3 is 0 Å². The summed E-state index contributed by atoms with van der Waals surface area (Å²) in [7, 11) is 3.43. The van der Waals surface area contributed by atoms with E-state index in [0.29, 0.717) is 18.6 Å². The Balaban J connectivity index is 1.88. The lowest BCUT2D eigenvalue weighted by molar-refractivity contribution is -0.120. The average molecular weight is 200 g/mol. The van der Waals surface area contributed by atoms with Gasteiger partial charge in [0.25, 0.3) is 0 Å². The van der Waals surface area contributed by atoms with Crippen LogP contribution in [0.25, 0.3) is 0 Å². The Hall–Kier alpha value is -0.610. The maximum atomic E-state index is 10.9. The SMILES string of the molecule is CNC(=O)CCCNC1CC(OC)C1. The normalized spacial score (nSPS) is 25.6. The molecule has 4 nitrogen and oxygen atoms in total. The van der Waals surface area contributed by atoms with Gasteiger partial charge in [0.05, 0.1) is 6.10 Å². The van der Waals surface area contributed by atoms with Gasteiger partial charge in [-0.15, -0.1) is 0 Å². The van der Waals surface area contributed by atoms with Gasteiger partial charge < -0.3 is 15.4 Å². The zero-order chi connectivity index (χ0) is 10.4. The van der Waals surface area contributed by atoms with Crippen molar-refractivity contribution in [3.05, 3.63) is 0 Å². The molecule has 0 aromatic heterocycles. The maximum absolute atomic E-state index is 10.9. The van der Waals surface area contributed by atoms with E-state index in [4.69, 9.17) is 4.74 Å². The fourth-order valence-electron chi connectivity index (χ4n) is 1.60. The van der Waals surface area contributed by atoms with Crippen LogP contribution in [0.3, 0.4) is 0 Å². The van der Waals surface area contributed by atoms with Crippen LogP contribution in [0.4, 0.5) is 0 Å². The molecule has 1 saturated carbocycles. The highest BCUT2D eigenvalue weighted by Crippen LogP contribution is 2.22. The van der Waals surface area contributed by atoms with Crippen LogP contribution < -0.4 is 10.6 Å². The number of carbonyl (C=O) groups is 1. The van der Waals surface area contributed by atoms with Gasteiger partial charge in [0.1, 0.15) is 0 Å². The molecule has 0 heterocycles. The average Bonchev–Trinajstić information content (AvgIpc) is 2.14. The summed E-state index contributed by atoms with van der Waals surface area (Å²) in [4.78, 5) is 10.9. The van der Waals surface area contributed by atoms with E-state index < -0.39 is 0 Å². The van der Waals surface area contributed by atoms with Gasteiger partial charge in [0, 0.05) is 26.6 Å². The first-order valence-electron chi connectivity index (χ1n) is 5.23. The highest BCUT2D eigenvalue weighted by Gasteiger charge is 2.27. The third kappa shape index (κ3) is 3.64. The molecule has 0 atom stereocenters. The fraction of sp³-hybridized carbons (Fsp3) is 0.900. The zero-order valence-electron chi connectivity index (χ0n) is 9.01. The number of hydrogen-bond acceptors (Lipinski definition) is 3. The Morgan fingerprint density at radius 2 is 2.21 bits per heavy atom. The molecule has 4 heteroatoms. The molecule has 1 amide bonds. The van der Waals surface area contributed by atoms with Crippen LogP contribution in [-0.2, 0) is 9.53 Å². The van der Waals surface area contributed by atoms with Gasteiger partial charge in [-0.05, 0) is 25.8 Å². The van der Waals surface area contributed by atoms with Crippen LogP contribution in [0.2, 0.25) is 0 Å². The van der Waals surface area contributed by atoms with Crippen molar-refractivity contribution in [2.45, 2.75) is 37.8 Å². The van der Waals surface area contributed by atoms with Crippen LogP contribution in [-0.4, -0.2) is 38.8 Å². The second-order valence-electron chi connectivity index (χ2n) is 3.76. The number of methoxy groups -OCH3 is 1. The number of rotatable bonds is 6. The second kappa shape index (κ2) is 5.98. The Morgan fingerprint density at radius 1 is 1.50 bits per heavy atom. The predicted molar refractivity (Wildman–Crippen MR) is 55.1 cm³/mol. The van der Waals surface area contributed by atoms with Crippen molar-refractivity contribution >= 4 is 5.91 Å². The number of hydrogen-bond donors (Lipinski definition) is 2. The summed E-state index contributed by atoms with van der Waals surface area (Å²) in [5.41, 5.74) is 0. The Bertz CT molecular complexity index is 179. The van der Waals surface area contributed by atoms with Crippen LogP contribution in [0, 0.1) is 0 Å². The Labute approximate surface area is 85.4 Å². The van der Waals surface area contributed by atoms with Crippen molar-refractivity contribution in [1.82, 2.24) is 10.6 Å². The van der Waals surface area contributed by atoms with E-state index in [1.54, 1.807) is 14.2 Å². The first-order chi connectivity index (χ1) is 6.76. The van der Waals surface area contributed by atoms with Crippen molar-refractivity contribution in [2.24, 2.45) is 0 Å². The number of nitrogens with one attached hydrogen (secondary N) is 2. The molecule has 1 rings (SSSR count). The van der Waals surface area contributed by atoms with E-state index in [2.05, 4.69) is 10.6 Å². The number of amides is 1. The van der Waals surface area contributed by atoms with E-state index in [9.17, 15) is 4.79 Å². The number of ether oxygens (including phenoxy) is 1. The molecular weight excluding hydrogens is 180 g/mol. The molecule has 2 N–H and O–H groups in total. The fourth-order valence-corrected chi connectivity index (χ4v) is 1.60. The van der Waals surface area contributed by atoms with E-state index in [1.807, 2.05) is 0 Å². The van der Waals surface area contributed by atoms with Crippen molar-refractivity contribution in [3.63, 3.8) is 0 Å². The summed E-state index contributed by atoms with van der Waals surface area (Å²) in [6.45, 7) is 0.925. The van der Waals surface area contributed by atoms with Gasteiger partial charge in [0.15, 0.2) is 0 Å². The molecule has 0 saturated heterocycles. The summed E-state index contributed by atoms with van der Waals surface area (Å²) in [6, 6.07) is 0.602. The monoisotopic (exact) mass is 200 g/mol. The molecule has 0 aromatic rings. The van der Waals surface area contributed by atoms with E-state index in [0.717, 1.165) is 25.8 Å². The largest absolute Gasteiger partial charge is 0.381 e. The molecule has 82 valence electrons. The number of carbonyl (C=O) groups excluding carboxylic acids is 1. The lowest BCUT2D eigenvalue weighted by Crippen LogP contribution is -2.45. The second-order valence-corrected chi connectivity index (χ2v) is 3.76.